The van der Waals surface area contributed by atoms with E-state index in [1.165, 1.54) is 12.8 Å². The first-order valence-electron chi connectivity index (χ1n) is 6.47. The average molecular weight is 250 g/mol. The van der Waals surface area contributed by atoms with E-state index in [4.69, 9.17) is 15.2 Å². The predicted molar refractivity (Wildman–Crippen MR) is 71.9 cm³/mol. The third-order valence-electron chi connectivity index (χ3n) is 3.64. The second-order valence-electron chi connectivity index (χ2n) is 5.73. The van der Waals surface area contributed by atoms with Gasteiger partial charge >= 0.3 is 0 Å². The van der Waals surface area contributed by atoms with Crippen LogP contribution in [0.25, 0.3) is 0 Å². The Balaban J connectivity index is 2.01. The Morgan fingerprint density at radius 1 is 1.28 bits per heavy atom. The zero-order valence-electron chi connectivity index (χ0n) is 11.4. The van der Waals surface area contributed by atoms with Crippen molar-refractivity contribution in [2.75, 3.05) is 12.8 Å². The van der Waals surface area contributed by atoms with Crippen molar-refractivity contribution in [2.45, 2.75) is 45.6 Å². The summed E-state index contributed by atoms with van der Waals surface area (Å²) in [6, 6.07) is 3.51. The van der Waals surface area contributed by atoms with Gasteiger partial charge in [0.15, 0.2) is 0 Å². The number of anilines is 1. The molecule has 0 aromatic carbocycles. The molecule has 0 aliphatic heterocycles. The third kappa shape index (κ3) is 3.06. The molecule has 0 bridgehead atoms. The minimum absolute atomic E-state index is 0.222. The number of aromatic nitrogens is 1. The minimum Gasteiger partial charge on any atom is -0.481 e. The predicted octanol–water partition coefficient (Wildman–Crippen LogP) is 3.02. The SMILES string of the molecule is COc1ccc(N)c(OC2CCC(C)(C)CC2)n1. The van der Waals surface area contributed by atoms with Crippen molar-refractivity contribution in [3.05, 3.63) is 12.1 Å². The fourth-order valence-corrected chi connectivity index (χ4v) is 2.29. The van der Waals surface area contributed by atoms with Gasteiger partial charge in [-0.05, 0) is 37.2 Å². The molecule has 1 heterocycles. The van der Waals surface area contributed by atoms with E-state index < -0.39 is 0 Å². The van der Waals surface area contributed by atoms with E-state index in [-0.39, 0.29) is 6.10 Å². The number of methoxy groups -OCH3 is 1. The molecule has 0 saturated heterocycles. The van der Waals surface area contributed by atoms with Crippen LogP contribution in [-0.4, -0.2) is 18.2 Å². The highest BCUT2D eigenvalue weighted by Gasteiger charge is 2.28. The van der Waals surface area contributed by atoms with Gasteiger partial charge in [0.2, 0.25) is 11.8 Å². The maximum Gasteiger partial charge on any atom is 0.240 e. The van der Waals surface area contributed by atoms with Crippen LogP contribution in [0.5, 0.6) is 11.8 Å². The molecule has 0 radical (unpaired) electrons. The molecule has 4 heteroatoms. The monoisotopic (exact) mass is 250 g/mol. The number of ether oxygens (including phenoxy) is 2. The van der Waals surface area contributed by atoms with Crippen LogP contribution in [0.4, 0.5) is 5.69 Å². The summed E-state index contributed by atoms with van der Waals surface area (Å²) in [5.41, 5.74) is 6.88. The first kappa shape index (κ1) is 13.0. The average Bonchev–Trinajstić information content (AvgIpc) is 2.34. The summed E-state index contributed by atoms with van der Waals surface area (Å²) in [4.78, 5) is 4.25. The molecule has 2 N–H and O–H groups in total. The van der Waals surface area contributed by atoms with Crippen LogP contribution in [0, 0.1) is 5.41 Å². The van der Waals surface area contributed by atoms with E-state index >= 15 is 0 Å². The Bertz CT molecular complexity index is 408. The molecule has 1 aromatic heterocycles. The van der Waals surface area contributed by atoms with Gasteiger partial charge in [-0.2, -0.15) is 4.98 Å². The molecule has 0 spiro atoms. The second-order valence-corrected chi connectivity index (χ2v) is 5.73. The molecule has 0 atom stereocenters. The van der Waals surface area contributed by atoms with Gasteiger partial charge in [0.1, 0.15) is 6.10 Å². The maximum atomic E-state index is 5.91. The summed E-state index contributed by atoms with van der Waals surface area (Å²) in [6.07, 6.45) is 4.71. The van der Waals surface area contributed by atoms with Gasteiger partial charge in [-0.3, -0.25) is 0 Å². The highest BCUT2D eigenvalue weighted by molar-refractivity contribution is 5.49. The van der Waals surface area contributed by atoms with Crippen molar-refractivity contribution in [1.82, 2.24) is 4.98 Å². The zero-order valence-corrected chi connectivity index (χ0v) is 11.4. The lowest BCUT2D eigenvalue weighted by Gasteiger charge is -2.34. The number of hydrogen-bond donors (Lipinski definition) is 1. The lowest BCUT2D eigenvalue weighted by Crippen LogP contribution is -2.28. The minimum atomic E-state index is 0.222. The van der Waals surface area contributed by atoms with E-state index in [0.29, 0.717) is 22.9 Å². The van der Waals surface area contributed by atoms with E-state index in [0.717, 1.165) is 12.8 Å². The summed E-state index contributed by atoms with van der Waals surface area (Å²) >= 11 is 0. The number of nitrogens with two attached hydrogens (primary N) is 1. The molecule has 1 saturated carbocycles. The van der Waals surface area contributed by atoms with Crippen molar-refractivity contribution < 1.29 is 9.47 Å². The molecule has 4 nitrogen and oxygen atoms in total. The van der Waals surface area contributed by atoms with Crippen LogP contribution in [0.2, 0.25) is 0 Å². The number of nitrogen functional groups attached to an aromatic ring is 1. The van der Waals surface area contributed by atoms with Gasteiger partial charge in [0, 0.05) is 6.07 Å². The lowest BCUT2D eigenvalue weighted by atomic mass is 9.76. The van der Waals surface area contributed by atoms with Crippen LogP contribution in [0.3, 0.4) is 0 Å². The topological polar surface area (TPSA) is 57.4 Å². The van der Waals surface area contributed by atoms with Gasteiger partial charge in [-0.25, -0.2) is 0 Å². The van der Waals surface area contributed by atoms with Crippen LogP contribution in [0.15, 0.2) is 12.1 Å². The molecule has 1 fully saturated rings. The van der Waals surface area contributed by atoms with E-state index in [9.17, 15) is 0 Å². The van der Waals surface area contributed by atoms with Crippen molar-refractivity contribution in [3.8, 4) is 11.8 Å². The molecule has 1 aromatic rings. The van der Waals surface area contributed by atoms with Gasteiger partial charge in [0.05, 0.1) is 12.8 Å². The van der Waals surface area contributed by atoms with Crippen LogP contribution in [-0.2, 0) is 0 Å². The summed E-state index contributed by atoms with van der Waals surface area (Å²) < 4.78 is 11.0. The molecule has 1 aliphatic rings. The normalized spacial score (nSPS) is 19.5. The summed E-state index contributed by atoms with van der Waals surface area (Å²) in [5.74, 6) is 1.04. The molecular weight excluding hydrogens is 228 g/mol. The second kappa shape index (κ2) is 5.04. The molecule has 1 aliphatic carbocycles. The van der Waals surface area contributed by atoms with Crippen molar-refractivity contribution in [3.63, 3.8) is 0 Å². The quantitative estimate of drug-likeness (QED) is 0.895. The van der Waals surface area contributed by atoms with E-state index in [2.05, 4.69) is 18.8 Å². The standard InChI is InChI=1S/C14H22N2O2/c1-14(2)8-6-10(7-9-14)18-13-11(15)4-5-12(16-13)17-3/h4-5,10H,6-9,15H2,1-3H3. The summed E-state index contributed by atoms with van der Waals surface area (Å²) in [7, 11) is 1.59. The third-order valence-corrected chi connectivity index (χ3v) is 3.64. The van der Waals surface area contributed by atoms with Crippen molar-refractivity contribution >= 4 is 5.69 Å². The van der Waals surface area contributed by atoms with Gasteiger partial charge in [-0.1, -0.05) is 13.8 Å². The first-order chi connectivity index (χ1) is 8.50. The van der Waals surface area contributed by atoms with Gasteiger partial charge in [0.25, 0.3) is 0 Å². The Hall–Kier alpha value is -1.45. The van der Waals surface area contributed by atoms with Crippen molar-refractivity contribution in [1.29, 1.82) is 0 Å². The largest absolute Gasteiger partial charge is 0.481 e. The van der Waals surface area contributed by atoms with E-state index in [1.807, 2.05) is 0 Å². The molecule has 0 unspecified atom stereocenters. The smallest absolute Gasteiger partial charge is 0.240 e. The molecule has 18 heavy (non-hydrogen) atoms. The molecular formula is C14H22N2O2. The summed E-state index contributed by atoms with van der Waals surface area (Å²) in [6.45, 7) is 4.61. The van der Waals surface area contributed by atoms with Crippen LogP contribution >= 0.6 is 0 Å². The zero-order chi connectivity index (χ0) is 13.2. The number of rotatable bonds is 3. The fourth-order valence-electron chi connectivity index (χ4n) is 2.29. The Morgan fingerprint density at radius 2 is 1.94 bits per heavy atom. The van der Waals surface area contributed by atoms with Crippen LogP contribution in [0.1, 0.15) is 39.5 Å². The number of nitrogens with zero attached hydrogens (tertiary/aromatic N) is 1. The van der Waals surface area contributed by atoms with E-state index in [1.54, 1.807) is 19.2 Å². The lowest BCUT2D eigenvalue weighted by molar-refractivity contribution is 0.0950. The Labute approximate surface area is 108 Å². The number of pyridine rings is 1. The molecule has 2 rings (SSSR count). The maximum absolute atomic E-state index is 5.91. The van der Waals surface area contributed by atoms with Gasteiger partial charge in [-0.15, -0.1) is 0 Å². The molecule has 100 valence electrons. The molecule has 0 amide bonds. The first-order valence-corrected chi connectivity index (χ1v) is 6.47. The Morgan fingerprint density at radius 3 is 2.56 bits per heavy atom. The highest BCUT2D eigenvalue weighted by atomic mass is 16.5. The van der Waals surface area contributed by atoms with Gasteiger partial charge < -0.3 is 15.2 Å². The van der Waals surface area contributed by atoms with Crippen molar-refractivity contribution in [2.24, 2.45) is 5.41 Å². The summed E-state index contributed by atoms with van der Waals surface area (Å²) in [5, 5.41) is 0. The highest BCUT2D eigenvalue weighted by Crippen LogP contribution is 2.37. The Kier molecular flexibility index (Phi) is 3.64. The number of hydrogen-bond acceptors (Lipinski definition) is 4. The van der Waals surface area contributed by atoms with Crippen LogP contribution < -0.4 is 15.2 Å². The fraction of sp³-hybridized carbons (Fsp3) is 0.643.